The molecule has 0 saturated heterocycles. The zero-order valence-electron chi connectivity index (χ0n) is 17.9. The Labute approximate surface area is 182 Å². The number of aliphatic carboxylic acids is 3. The van der Waals surface area contributed by atoms with Gasteiger partial charge in [-0.25, -0.2) is 0 Å². The van der Waals surface area contributed by atoms with Gasteiger partial charge in [-0.2, -0.15) is 0 Å². The molecule has 0 saturated carbocycles. The summed E-state index contributed by atoms with van der Waals surface area (Å²) < 4.78 is 4.75. The Balaban J connectivity index is -0.000000146. The van der Waals surface area contributed by atoms with Crippen LogP contribution in [0.25, 0.3) is 0 Å². The van der Waals surface area contributed by atoms with Crippen molar-refractivity contribution in [2.45, 2.75) is 61.5 Å². The molecule has 3 unspecified atom stereocenters. The third-order valence-corrected chi connectivity index (χ3v) is 3.86. The van der Waals surface area contributed by atoms with Gasteiger partial charge in [-0.05, 0) is 20.8 Å². The van der Waals surface area contributed by atoms with Crippen molar-refractivity contribution in [1.29, 1.82) is 0 Å². The van der Waals surface area contributed by atoms with E-state index >= 15 is 0 Å². The quantitative estimate of drug-likeness (QED) is 0.302. The van der Waals surface area contributed by atoms with Gasteiger partial charge < -0.3 is 29.7 Å². The predicted octanol–water partition coefficient (Wildman–Crippen LogP) is -2.24. The van der Waals surface area contributed by atoms with Gasteiger partial charge in [0.2, 0.25) is 0 Å². The summed E-state index contributed by atoms with van der Waals surface area (Å²) in [5.74, 6) is -7.92. The summed E-state index contributed by atoms with van der Waals surface area (Å²) in [6.45, 7) is 11.6. The topological polar surface area (TPSA) is 181 Å². The molecular formula is C18H28O10Ti. The van der Waals surface area contributed by atoms with Gasteiger partial charge in [-0.3, -0.25) is 14.4 Å². The van der Waals surface area contributed by atoms with E-state index in [4.69, 9.17) is 3.32 Å². The number of ketones is 3. The Morgan fingerprint density at radius 2 is 0.724 bits per heavy atom. The van der Waals surface area contributed by atoms with E-state index in [0.29, 0.717) is 6.10 Å². The standard InChI is InChI=1S/3C5H8O3.C3H7O.Ti/c3*1-3(4(2)6)5(7)8;1-3(2)4;/h3*3H,1-2H3,(H,7,8);3H,1-2H3;/q;;;-1;+4/p-3. The fraction of sp³-hybridized carbons (Fsp3) is 0.667. The normalized spacial score (nSPS) is 12.2. The molecule has 0 spiro atoms. The number of carbonyl (C=O) groups is 6. The van der Waals surface area contributed by atoms with Crippen molar-refractivity contribution in [3.05, 3.63) is 0 Å². The zero-order valence-corrected chi connectivity index (χ0v) is 19.5. The Morgan fingerprint density at radius 3 is 0.724 bits per heavy atom. The van der Waals surface area contributed by atoms with Crippen LogP contribution in [0.15, 0.2) is 0 Å². The second-order valence-electron chi connectivity index (χ2n) is 6.12. The number of carboxylic acid groups (broad SMARTS) is 3. The molecular weight excluding hydrogens is 424 g/mol. The number of hydrogen-bond donors (Lipinski definition) is 0. The third-order valence-electron chi connectivity index (χ3n) is 3.13. The molecule has 0 N–H and O–H groups in total. The molecule has 164 valence electrons. The van der Waals surface area contributed by atoms with E-state index < -0.39 is 35.7 Å². The van der Waals surface area contributed by atoms with E-state index in [1.165, 1.54) is 41.5 Å². The van der Waals surface area contributed by atoms with Crippen molar-refractivity contribution in [2.24, 2.45) is 17.8 Å². The molecule has 0 amide bonds. The fourth-order valence-corrected chi connectivity index (χ4v) is 0.498. The summed E-state index contributed by atoms with van der Waals surface area (Å²) in [4.78, 5) is 59.9. The van der Waals surface area contributed by atoms with E-state index in [-0.39, 0.29) is 17.3 Å². The van der Waals surface area contributed by atoms with Gasteiger partial charge in [0.25, 0.3) is 0 Å². The van der Waals surface area contributed by atoms with Gasteiger partial charge in [0.15, 0.2) is 0 Å². The van der Waals surface area contributed by atoms with Crippen LogP contribution in [0.5, 0.6) is 0 Å². The van der Waals surface area contributed by atoms with Crippen molar-refractivity contribution in [3.63, 3.8) is 0 Å². The first kappa shape index (κ1) is 34.6. The number of hydrogen-bond acceptors (Lipinski definition) is 10. The van der Waals surface area contributed by atoms with E-state index in [1.807, 2.05) is 13.8 Å². The maximum atomic E-state index is 10.2. The Bertz CT molecular complexity index is 444. The molecule has 0 aromatic rings. The van der Waals surface area contributed by atoms with Gasteiger partial charge in [-0.15, -0.1) is 0 Å². The molecule has 0 aromatic heterocycles. The van der Waals surface area contributed by atoms with Crippen LogP contribution < -0.4 is 15.3 Å². The third kappa shape index (κ3) is 26.1. The second-order valence-corrected chi connectivity index (χ2v) is 6.49. The number of rotatable bonds is 7. The van der Waals surface area contributed by atoms with Crippen LogP contribution in [0, 0.1) is 17.8 Å². The Hall–Kier alpha value is -1.91. The summed E-state index contributed by atoms with van der Waals surface area (Å²) in [5.41, 5.74) is 0. The summed E-state index contributed by atoms with van der Waals surface area (Å²) in [5, 5.41) is 29.4. The minimum atomic E-state index is -1.31. The van der Waals surface area contributed by atoms with E-state index in [9.17, 15) is 44.1 Å². The van der Waals surface area contributed by atoms with Crippen LogP contribution in [0.1, 0.15) is 55.4 Å². The van der Waals surface area contributed by atoms with Crippen LogP contribution >= 0.6 is 0 Å². The molecule has 0 radical (unpaired) electrons. The number of carbonyl (C=O) groups excluding carboxylic acids is 6. The van der Waals surface area contributed by atoms with Crippen LogP contribution in [-0.4, -0.2) is 41.4 Å². The molecule has 0 aliphatic rings. The monoisotopic (exact) mass is 452 g/mol. The maximum absolute atomic E-state index is 10.2. The average molecular weight is 452 g/mol. The molecule has 11 heteroatoms. The van der Waals surface area contributed by atoms with Gasteiger partial charge in [0.05, 0.1) is 35.7 Å². The first-order valence-electron chi connectivity index (χ1n) is 8.40. The summed E-state index contributed by atoms with van der Waals surface area (Å²) in [7, 11) is 0. The summed E-state index contributed by atoms with van der Waals surface area (Å²) in [6, 6.07) is 0. The van der Waals surface area contributed by atoms with Crippen LogP contribution in [0.3, 0.4) is 0 Å². The van der Waals surface area contributed by atoms with Crippen LogP contribution in [0.2, 0.25) is 0 Å². The molecule has 29 heavy (non-hydrogen) atoms. The van der Waals surface area contributed by atoms with E-state index in [2.05, 4.69) is 0 Å². The fourth-order valence-electron chi connectivity index (χ4n) is 0.498. The van der Waals surface area contributed by atoms with Gasteiger partial charge in [-0.1, -0.05) is 20.8 Å². The number of Topliss-reactive ketones (excluding diaryl/α,β-unsaturated/α-hetero) is 3. The van der Waals surface area contributed by atoms with Crippen LogP contribution in [-0.2, 0) is 52.9 Å². The van der Waals surface area contributed by atoms with E-state index in [0.717, 1.165) is 0 Å². The second kappa shape index (κ2) is 19.4. The van der Waals surface area contributed by atoms with Crippen molar-refractivity contribution < 1.29 is 68.2 Å². The molecule has 0 aromatic carbocycles. The molecule has 0 rings (SSSR count). The SMILES string of the molecule is CC(=O)C(C)C(=O)[O-].CC(=O)C(C)C(=O)[O-].CC(=O)C(C)C(=O)[O-].CC(C)[O][Ti+3]. The molecule has 0 bridgehead atoms. The summed E-state index contributed by atoms with van der Waals surface area (Å²) >= 11 is 1.70. The first-order chi connectivity index (χ1) is 12.9. The zero-order chi connectivity index (χ0) is 24.5. The molecule has 0 aliphatic heterocycles. The molecule has 0 fully saturated rings. The molecule has 10 nitrogen and oxygen atoms in total. The minimum absolute atomic E-state index is 0.370. The summed E-state index contributed by atoms with van der Waals surface area (Å²) in [6.07, 6.45) is 0.384. The van der Waals surface area contributed by atoms with Crippen molar-refractivity contribution in [3.8, 4) is 0 Å². The van der Waals surface area contributed by atoms with Gasteiger partial charge in [0.1, 0.15) is 17.3 Å². The Morgan fingerprint density at radius 1 is 0.586 bits per heavy atom. The van der Waals surface area contributed by atoms with Crippen LogP contribution in [0.4, 0.5) is 0 Å². The van der Waals surface area contributed by atoms with Crippen molar-refractivity contribution in [1.82, 2.24) is 0 Å². The van der Waals surface area contributed by atoms with E-state index in [1.54, 1.807) is 20.8 Å². The van der Waals surface area contributed by atoms with Gasteiger partial charge >= 0.3 is 44.1 Å². The van der Waals surface area contributed by atoms with Crippen molar-refractivity contribution >= 4 is 35.3 Å². The average Bonchev–Trinajstić information content (AvgIpc) is 2.60. The molecule has 0 heterocycles. The van der Waals surface area contributed by atoms with Crippen molar-refractivity contribution in [2.75, 3.05) is 0 Å². The van der Waals surface area contributed by atoms with Gasteiger partial charge in [0, 0.05) is 0 Å². The predicted molar refractivity (Wildman–Crippen MR) is 90.8 cm³/mol. The number of carboxylic acids is 3. The first-order valence-corrected chi connectivity index (χ1v) is 9.03. The molecule has 0 aliphatic carbocycles. The Kier molecular flexibility index (Phi) is 23.2. The molecule has 3 atom stereocenters.